The zero-order valence-electron chi connectivity index (χ0n) is 10.2. The van der Waals surface area contributed by atoms with E-state index < -0.39 is 41.1 Å². The number of likely N-dealkylation sites (tertiary alicyclic amines) is 1. The molecule has 8 heteroatoms. The molecule has 1 aromatic rings. The Kier molecular flexibility index (Phi) is 3.82. The number of benzene rings is 1. The number of hydrogen-bond acceptors (Lipinski definition) is 2. The topological polar surface area (TPSA) is 69.6 Å². The van der Waals surface area contributed by atoms with E-state index in [1.165, 1.54) is 0 Å². The van der Waals surface area contributed by atoms with Gasteiger partial charge in [-0.3, -0.25) is 4.79 Å². The molecule has 0 saturated carbocycles. The maximum atomic E-state index is 13.4. The van der Waals surface area contributed by atoms with Crippen molar-refractivity contribution >= 4 is 17.7 Å². The third-order valence-corrected chi connectivity index (χ3v) is 3.06. The van der Waals surface area contributed by atoms with Gasteiger partial charge in [-0.05, 0) is 6.42 Å². The van der Waals surface area contributed by atoms with Crippen molar-refractivity contribution in [3.8, 4) is 0 Å². The number of carboxylic acid groups (broad SMARTS) is 1. The highest BCUT2D eigenvalue weighted by Crippen LogP contribution is 2.22. The molecule has 0 bridgehead atoms. The minimum Gasteiger partial charge on any atom is -0.481 e. The minimum atomic E-state index is -1.23. The number of rotatable bonds is 2. The molecular formula is C12H11F3N2O3. The molecule has 1 saturated heterocycles. The summed E-state index contributed by atoms with van der Waals surface area (Å²) in [5, 5.41) is 10.8. The van der Waals surface area contributed by atoms with Crippen LogP contribution in [-0.4, -0.2) is 35.1 Å². The summed E-state index contributed by atoms with van der Waals surface area (Å²) in [7, 11) is 0. The minimum absolute atomic E-state index is 0.0361. The Morgan fingerprint density at radius 1 is 1.25 bits per heavy atom. The summed E-state index contributed by atoms with van der Waals surface area (Å²) in [6, 6.07) is 0.0732. The van der Waals surface area contributed by atoms with Crippen LogP contribution in [0.25, 0.3) is 0 Å². The van der Waals surface area contributed by atoms with Crippen molar-refractivity contribution in [1.82, 2.24) is 4.90 Å². The van der Waals surface area contributed by atoms with Crippen LogP contribution in [0, 0.1) is 23.4 Å². The summed E-state index contributed by atoms with van der Waals surface area (Å²) in [6.45, 7) is 0.138. The molecule has 0 aliphatic carbocycles. The van der Waals surface area contributed by atoms with Gasteiger partial charge in [-0.2, -0.15) is 0 Å². The lowest BCUT2D eigenvalue weighted by molar-refractivity contribution is -0.141. The molecular weight excluding hydrogens is 277 g/mol. The number of halogens is 3. The fourth-order valence-electron chi connectivity index (χ4n) is 1.99. The van der Waals surface area contributed by atoms with Crippen molar-refractivity contribution in [3.05, 3.63) is 29.6 Å². The Bertz CT molecular complexity index is 542. The van der Waals surface area contributed by atoms with Crippen molar-refractivity contribution < 1.29 is 27.9 Å². The van der Waals surface area contributed by atoms with Crippen LogP contribution in [0.3, 0.4) is 0 Å². The van der Waals surface area contributed by atoms with Crippen LogP contribution in [0.4, 0.5) is 23.7 Å². The molecule has 1 fully saturated rings. The number of nitrogens with one attached hydrogen (secondary N) is 1. The van der Waals surface area contributed by atoms with E-state index in [1.54, 1.807) is 0 Å². The molecule has 1 heterocycles. The number of nitrogens with zero attached hydrogens (tertiary/aromatic N) is 1. The normalized spacial score (nSPS) is 18.1. The quantitative estimate of drug-likeness (QED) is 0.875. The third-order valence-electron chi connectivity index (χ3n) is 3.06. The van der Waals surface area contributed by atoms with E-state index in [0.717, 1.165) is 4.90 Å². The van der Waals surface area contributed by atoms with E-state index in [9.17, 15) is 22.8 Å². The predicted molar refractivity (Wildman–Crippen MR) is 62.7 cm³/mol. The standard InChI is InChI=1S/C12H11F3N2O3/c13-7-3-8(14)10(9(15)4-7)16-12(20)17-2-1-6(5-17)11(18)19/h3-4,6H,1-2,5H2,(H,16,20)(H,18,19). The molecule has 1 atom stereocenters. The largest absolute Gasteiger partial charge is 0.481 e. The highest BCUT2D eigenvalue weighted by Gasteiger charge is 2.31. The first-order valence-electron chi connectivity index (χ1n) is 5.81. The van der Waals surface area contributed by atoms with E-state index >= 15 is 0 Å². The van der Waals surface area contributed by atoms with Crippen LogP contribution in [-0.2, 0) is 4.79 Å². The van der Waals surface area contributed by atoms with Crippen molar-refractivity contribution in [1.29, 1.82) is 0 Å². The average molecular weight is 288 g/mol. The lowest BCUT2D eigenvalue weighted by Crippen LogP contribution is -2.34. The van der Waals surface area contributed by atoms with Gasteiger partial charge in [0.05, 0.1) is 5.92 Å². The van der Waals surface area contributed by atoms with Gasteiger partial charge in [-0.25, -0.2) is 18.0 Å². The van der Waals surface area contributed by atoms with E-state index in [-0.39, 0.29) is 19.5 Å². The molecule has 1 aliphatic rings. The first-order chi connectivity index (χ1) is 9.38. The Morgan fingerprint density at radius 2 is 1.85 bits per heavy atom. The fourth-order valence-corrected chi connectivity index (χ4v) is 1.99. The van der Waals surface area contributed by atoms with Crippen molar-refractivity contribution in [2.45, 2.75) is 6.42 Å². The van der Waals surface area contributed by atoms with Gasteiger partial charge in [0.25, 0.3) is 0 Å². The lowest BCUT2D eigenvalue weighted by atomic mass is 10.1. The first kappa shape index (κ1) is 14.2. The molecule has 5 nitrogen and oxygen atoms in total. The molecule has 0 spiro atoms. The Balaban J connectivity index is 2.08. The van der Waals surface area contributed by atoms with E-state index in [1.807, 2.05) is 5.32 Å². The maximum Gasteiger partial charge on any atom is 0.322 e. The molecule has 0 aromatic heterocycles. The lowest BCUT2D eigenvalue weighted by Gasteiger charge is -2.17. The number of hydrogen-bond donors (Lipinski definition) is 2. The third kappa shape index (κ3) is 2.84. The van der Waals surface area contributed by atoms with Crippen LogP contribution in [0.15, 0.2) is 12.1 Å². The highest BCUT2D eigenvalue weighted by molar-refractivity contribution is 5.90. The number of carbonyl (C=O) groups is 2. The number of aliphatic carboxylic acids is 1. The van der Waals surface area contributed by atoms with E-state index in [2.05, 4.69) is 0 Å². The summed E-state index contributed by atoms with van der Waals surface area (Å²) in [4.78, 5) is 23.7. The monoisotopic (exact) mass is 288 g/mol. The van der Waals surface area contributed by atoms with Gasteiger partial charge in [0.2, 0.25) is 0 Å². The van der Waals surface area contributed by atoms with Crippen LogP contribution in [0.5, 0.6) is 0 Å². The van der Waals surface area contributed by atoms with Crippen molar-refractivity contribution in [3.63, 3.8) is 0 Å². The molecule has 108 valence electrons. The van der Waals surface area contributed by atoms with Crippen LogP contribution >= 0.6 is 0 Å². The summed E-state index contributed by atoms with van der Waals surface area (Å²) in [5.41, 5.74) is -0.754. The Morgan fingerprint density at radius 3 is 2.35 bits per heavy atom. The molecule has 0 radical (unpaired) electrons. The predicted octanol–water partition coefficient (Wildman–Crippen LogP) is 2.04. The summed E-state index contributed by atoms with van der Waals surface area (Å²) in [5.74, 6) is -5.28. The van der Waals surface area contributed by atoms with Crippen LogP contribution in [0.1, 0.15) is 6.42 Å². The zero-order valence-corrected chi connectivity index (χ0v) is 10.2. The van der Waals surface area contributed by atoms with Gasteiger partial charge in [-0.15, -0.1) is 0 Å². The second-order valence-corrected chi connectivity index (χ2v) is 4.44. The number of carbonyl (C=O) groups excluding carboxylic acids is 1. The average Bonchev–Trinajstić information content (AvgIpc) is 2.83. The van der Waals surface area contributed by atoms with Crippen LogP contribution in [0.2, 0.25) is 0 Å². The number of urea groups is 1. The van der Waals surface area contributed by atoms with Gasteiger partial charge >= 0.3 is 12.0 Å². The molecule has 1 unspecified atom stereocenters. The number of carboxylic acids is 1. The molecule has 1 aliphatic heterocycles. The van der Waals surface area contributed by atoms with E-state index in [0.29, 0.717) is 12.1 Å². The molecule has 2 N–H and O–H groups in total. The highest BCUT2D eigenvalue weighted by atomic mass is 19.1. The zero-order chi connectivity index (χ0) is 14.9. The molecule has 2 rings (SSSR count). The maximum absolute atomic E-state index is 13.4. The van der Waals surface area contributed by atoms with Gasteiger partial charge in [0.1, 0.15) is 11.5 Å². The first-order valence-corrected chi connectivity index (χ1v) is 5.81. The van der Waals surface area contributed by atoms with Crippen LogP contribution < -0.4 is 5.32 Å². The van der Waals surface area contributed by atoms with Gasteiger partial charge in [0, 0.05) is 25.2 Å². The van der Waals surface area contributed by atoms with Gasteiger partial charge in [-0.1, -0.05) is 0 Å². The number of anilines is 1. The second-order valence-electron chi connectivity index (χ2n) is 4.44. The SMILES string of the molecule is O=C(O)C1CCN(C(=O)Nc2c(F)cc(F)cc2F)C1. The van der Waals surface area contributed by atoms with Crippen molar-refractivity contribution in [2.24, 2.45) is 5.92 Å². The van der Waals surface area contributed by atoms with E-state index in [4.69, 9.17) is 5.11 Å². The Hall–Kier alpha value is -2.25. The smallest absolute Gasteiger partial charge is 0.322 e. The van der Waals surface area contributed by atoms with Gasteiger partial charge in [0.15, 0.2) is 11.6 Å². The molecule has 2 amide bonds. The molecule has 20 heavy (non-hydrogen) atoms. The number of amides is 2. The van der Waals surface area contributed by atoms with Crippen molar-refractivity contribution in [2.75, 3.05) is 18.4 Å². The second kappa shape index (κ2) is 5.40. The Labute approximate surface area is 112 Å². The molecule has 1 aromatic carbocycles. The summed E-state index contributed by atoms with van der Waals surface area (Å²) < 4.78 is 39.4. The summed E-state index contributed by atoms with van der Waals surface area (Å²) >= 11 is 0. The fraction of sp³-hybridized carbons (Fsp3) is 0.333. The summed E-state index contributed by atoms with van der Waals surface area (Å²) in [6.07, 6.45) is 0.275. The van der Waals surface area contributed by atoms with Gasteiger partial charge < -0.3 is 15.3 Å².